The molecule has 0 aliphatic carbocycles. The Morgan fingerprint density at radius 2 is 1.92 bits per heavy atom. The fourth-order valence-corrected chi connectivity index (χ4v) is 5.54. The highest BCUT2D eigenvalue weighted by molar-refractivity contribution is 8.00. The molecule has 0 saturated heterocycles. The van der Waals surface area contributed by atoms with Gasteiger partial charge in [0.15, 0.2) is 4.34 Å². The monoisotopic (exact) mass is 574 g/mol. The second-order valence-electron chi connectivity index (χ2n) is 7.62. The van der Waals surface area contributed by atoms with Crippen molar-refractivity contribution < 1.29 is 4.79 Å². The Hall–Kier alpha value is -3.33. The molecule has 0 bridgehead atoms. The van der Waals surface area contributed by atoms with E-state index in [1.165, 1.54) is 27.8 Å². The number of nitrogens with one attached hydrogen (secondary N) is 2. The predicted molar refractivity (Wildman–Crippen MR) is 152 cm³/mol. The van der Waals surface area contributed by atoms with Gasteiger partial charge in [-0.2, -0.15) is 5.10 Å². The topological polar surface area (TPSA) is 139 Å². The van der Waals surface area contributed by atoms with Gasteiger partial charge in [0.2, 0.25) is 16.2 Å². The molecule has 192 valence electrons. The molecule has 0 saturated carbocycles. The number of amides is 1. The van der Waals surface area contributed by atoms with E-state index in [1.807, 2.05) is 67.5 Å². The number of anilines is 3. The third-order valence-electron chi connectivity index (χ3n) is 4.75. The maximum absolute atomic E-state index is 12.4. The molecule has 15 heteroatoms. The van der Waals surface area contributed by atoms with E-state index in [4.69, 9.17) is 17.4 Å². The second kappa shape index (κ2) is 12.8. The summed E-state index contributed by atoms with van der Waals surface area (Å²) in [5.41, 5.74) is 5.77. The molecule has 0 unspecified atom stereocenters. The molecule has 0 radical (unpaired) electrons. The summed E-state index contributed by atoms with van der Waals surface area (Å²) in [6.07, 6.45) is 1.65. The molecule has 4 rings (SSSR count). The van der Waals surface area contributed by atoms with Crippen LogP contribution in [0.1, 0.15) is 11.1 Å². The van der Waals surface area contributed by atoms with Gasteiger partial charge >= 0.3 is 0 Å². The largest absolute Gasteiger partial charge is 0.378 e. The van der Waals surface area contributed by atoms with E-state index >= 15 is 0 Å². The first-order chi connectivity index (χ1) is 17.9. The van der Waals surface area contributed by atoms with Crippen molar-refractivity contribution in [3.8, 4) is 0 Å². The number of halogens is 1. The average molecular weight is 575 g/mol. The Labute approximate surface area is 230 Å². The number of hydrazone groups is 1. The number of carbonyl (C=O) groups is 1. The number of thioether (sulfide) groups is 2. The molecule has 0 spiro atoms. The summed E-state index contributed by atoms with van der Waals surface area (Å²) in [5, 5.41) is 24.5. The molecule has 4 N–H and O–H groups in total. The zero-order chi connectivity index (χ0) is 26.2. The third kappa shape index (κ3) is 7.58. The summed E-state index contributed by atoms with van der Waals surface area (Å²) in [4.78, 5) is 14.4. The van der Waals surface area contributed by atoms with Gasteiger partial charge in [-0.3, -0.25) is 10.1 Å². The maximum Gasteiger partial charge on any atom is 0.264 e. The Morgan fingerprint density at radius 3 is 2.68 bits per heavy atom. The Morgan fingerprint density at radius 1 is 1.14 bits per heavy atom. The molecular weight excluding hydrogens is 552 g/mol. The average Bonchev–Trinajstić information content (AvgIpc) is 3.48. The lowest BCUT2D eigenvalue weighted by atomic mass is 10.2. The standard InChI is InChI=1S/C22H23ClN10OS3/c1-32(2)16-9-7-14(8-10-16)11-25-27-19-28-30-21(33(19)24)35-13-18(34)26-20-29-31-22(37-20)36-12-15-5-3-4-6-17(15)23/h3-11H,12-13,24H2,1-2H3,(H,27,28)(H,26,29,34)/b25-11+. The number of rotatable bonds is 11. The van der Waals surface area contributed by atoms with Gasteiger partial charge in [0, 0.05) is 30.6 Å². The van der Waals surface area contributed by atoms with Gasteiger partial charge in [-0.1, -0.05) is 76.8 Å². The van der Waals surface area contributed by atoms with Crippen molar-refractivity contribution in [1.82, 2.24) is 25.1 Å². The third-order valence-corrected chi connectivity index (χ3v) is 8.08. The van der Waals surface area contributed by atoms with Crippen molar-refractivity contribution in [2.75, 3.05) is 41.3 Å². The number of hydrogen-bond donors (Lipinski definition) is 3. The van der Waals surface area contributed by atoms with Crippen LogP contribution in [-0.2, 0) is 10.5 Å². The minimum absolute atomic E-state index is 0.0680. The minimum atomic E-state index is -0.263. The molecule has 0 atom stereocenters. The van der Waals surface area contributed by atoms with Crippen molar-refractivity contribution >= 4 is 75.4 Å². The number of aromatic nitrogens is 5. The number of hydrogen-bond acceptors (Lipinski definition) is 12. The van der Waals surface area contributed by atoms with E-state index in [0.717, 1.165) is 32.9 Å². The molecule has 4 aromatic rings. The SMILES string of the molecule is CN(C)c1ccc(/C=N/Nc2nnc(SCC(=O)Nc3nnc(SCc4ccccc4Cl)s3)n2N)cc1. The summed E-state index contributed by atoms with van der Waals surface area (Å²) in [7, 11) is 3.96. The van der Waals surface area contributed by atoms with Gasteiger partial charge in [-0.15, -0.1) is 20.4 Å². The number of carbonyl (C=O) groups excluding carboxylic acids is 1. The maximum atomic E-state index is 12.4. The van der Waals surface area contributed by atoms with Crippen LogP contribution in [0.5, 0.6) is 0 Å². The zero-order valence-electron chi connectivity index (χ0n) is 19.8. The Kier molecular flexibility index (Phi) is 9.22. The summed E-state index contributed by atoms with van der Waals surface area (Å²) >= 11 is 10.1. The number of nitrogens with two attached hydrogens (primary N) is 1. The molecule has 2 aromatic heterocycles. The molecule has 0 fully saturated rings. The summed E-state index contributed by atoms with van der Waals surface area (Å²) < 4.78 is 1.97. The van der Waals surface area contributed by atoms with Crippen LogP contribution in [0.15, 0.2) is 63.1 Å². The Bertz CT molecular complexity index is 1370. The highest BCUT2D eigenvalue weighted by Gasteiger charge is 2.14. The second-order valence-corrected chi connectivity index (χ2v) is 11.2. The molecule has 37 heavy (non-hydrogen) atoms. The highest BCUT2D eigenvalue weighted by atomic mass is 35.5. The first-order valence-electron chi connectivity index (χ1n) is 10.8. The van der Waals surface area contributed by atoms with Gasteiger partial charge in [0.1, 0.15) is 0 Å². The van der Waals surface area contributed by atoms with Gasteiger partial charge in [0.25, 0.3) is 5.95 Å². The number of nitrogen functional groups attached to an aromatic ring is 1. The quantitative estimate of drug-likeness (QED) is 0.0790. The fourth-order valence-electron chi connectivity index (χ4n) is 2.83. The van der Waals surface area contributed by atoms with Gasteiger partial charge in [0.05, 0.1) is 12.0 Å². The van der Waals surface area contributed by atoms with Crippen LogP contribution in [-0.4, -0.2) is 57.0 Å². The Balaban J connectivity index is 1.23. The smallest absolute Gasteiger partial charge is 0.264 e. The lowest BCUT2D eigenvalue weighted by molar-refractivity contribution is -0.113. The van der Waals surface area contributed by atoms with Crippen molar-refractivity contribution in [3.63, 3.8) is 0 Å². The van der Waals surface area contributed by atoms with Crippen LogP contribution in [0.3, 0.4) is 0 Å². The highest BCUT2D eigenvalue weighted by Crippen LogP contribution is 2.30. The van der Waals surface area contributed by atoms with Crippen LogP contribution in [0, 0.1) is 0 Å². The minimum Gasteiger partial charge on any atom is -0.378 e. The number of nitrogens with zero attached hydrogens (tertiary/aromatic N) is 7. The van der Waals surface area contributed by atoms with E-state index in [-0.39, 0.29) is 17.6 Å². The lowest BCUT2D eigenvalue weighted by Gasteiger charge is -2.11. The van der Waals surface area contributed by atoms with Crippen LogP contribution < -0.4 is 21.5 Å². The van der Waals surface area contributed by atoms with Crippen molar-refractivity contribution in [1.29, 1.82) is 0 Å². The van der Waals surface area contributed by atoms with Crippen LogP contribution in [0.2, 0.25) is 5.02 Å². The molecule has 11 nitrogen and oxygen atoms in total. The molecule has 0 aliphatic heterocycles. The number of benzene rings is 2. The molecule has 2 heterocycles. The van der Waals surface area contributed by atoms with Crippen molar-refractivity contribution in [2.45, 2.75) is 15.2 Å². The van der Waals surface area contributed by atoms with Crippen LogP contribution in [0.25, 0.3) is 0 Å². The summed E-state index contributed by atoms with van der Waals surface area (Å²) in [6, 6.07) is 15.5. The van der Waals surface area contributed by atoms with Crippen molar-refractivity contribution in [2.24, 2.45) is 5.10 Å². The normalized spacial score (nSPS) is 11.1. The lowest BCUT2D eigenvalue weighted by Crippen LogP contribution is -2.16. The molecule has 1 amide bonds. The first kappa shape index (κ1) is 26.7. The van der Waals surface area contributed by atoms with Crippen molar-refractivity contribution in [3.05, 3.63) is 64.7 Å². The van der Waals surface area contributed by atoms with Gasteiger partial charge in [-0.05, 0) is 29.3 Å². The van der Waals surface area contributed by atoms with Crippen LogP contribution in [0.4, 0.5) is 16.8 Å². The first-order valence-corrected chi connectivity index (χ1v) is 13.9. The van der Waals surface area contributed by atoms with Gasteiger partial charge < -0.3 is 10.7 Å². The predicted octanol–water partition coefficient (Wildman–Crippen LogP) is 4.03. The molecular formula is C22H23ClN10OS3. The molecule has 0 aliphatic rings. The van der Waals surface area contributed by atoms with E-state index < -0.39 is 0 Å². The van der Waals surface area contributed by atoms with Gasteiger partial charge in [-0.25, -0.2) is 10.1 Å². The molecule has 2 aromatic carbocycles. The van der Waals surface area contributed by atoms with E-state index in [1.54, 1.807) is 6.21 Å². The summed E-state index contributed by atoms with van der Waals surface area (Å²) in [5.74, 6) is 6.74. The van der Waals surface area contributed by atoms with E-state index in [9.17, 15) is 4.79 Å². The van der Waals surface area contributed by atoms with E-state index in [0.29, 0.717) is 21.1 Å². The van der Waals surface area contributed by atoms with Crippen LogP contribution >= 0.6 is 46.5 Å². The summed E-state index contributed by atoms with van der Waals surface area (Å²) in [6.45, 7) is 0. The van der Waals surface area contributed by atoms with E-state index in [2.05, 4.69) is 36.2 Å². The zero-order valence-corrected chi connectivity index (χ0v) is 23.0. The fraction of sp³-hybridized carbons (Fsp3) is 0.182.